The van der Waals surface area contributed by atoms with Gasteiger partial charge in [-0.15, -0.1) is 11.3 Å². The Labute approximate surface area is 187 Å². The average molecular weight is 453 g/mol. The van der Waals surface area contributed by atoms with Crippen LogP contribution in [0.4, 0.5) is 8.78 Å². The number of halogens is 2. The normalized spacial score (nSPS) is 33.7. The molecule has 2 atom stereocenters. The van der Waals surface area contributed by atoms with Gasteiger partial charge in [0, 0.05) is 47.3 Å². The third-order valence-corrected chi connectivity index (χ3v) is 9.37. The maximum absolute atomic E-state index is 12.9. The quantitative estimate of drug-likeness (QED) is 0.691. The fourth-order valence-corrected chi connectivity index (χ4v) is 7.31. The second-order valence-electron chi connectivity index (χ2n) is 10.2. The van der Waals surface area contributed by atoms with Crippen LogP contribution in [-0.2, 0) is 28.0 Å². The lowest BCUT2D eigenvalue weighted by Crippen LogP contribution is -2.54. The predicted octanol–water partition coefficient (Wildman–Crippen LogP) is 4.50. The van der Waals surface area contributed by atoms with Crippen LogP contribution in [0.5, 0.6) is 0 Å². The first-order valence-corrected chi connectivity index (χ1v) is 12.8. The van der Waals surface area contributed by atoms with Gasteiger partial charge in [-0.2, -0.15) is 0 Å². The molecule has 5 rings (SSSR count). The monoisotopic (exact) mass is 452 g/mol. The number of alkyl halides is 2. The minimum atomic E-state index is -2.29. The summed E-state index contributed by atoms with van der Waals surface area (Å²) in [5.41, 5.74) is 0.949. The van der Waals surface area contributed by atoms with Crippen LogP contribution < -0.4 is 5.32 Å². The summed E-state index contributed by atoms with van der Waals surface area (Å²) in [6.45, 7) is 5.04. The van der Waals surface area contributed by atoms with E-state index in [-0.39, 0.29) is 23.8 Å². The van der Waals surface area contributed by atoms with Crippen molar-refractivity contribution < 1.29 is 18.3 Å². The number of thiophene rings is 1. The molecule has 3 fully saturated rings. The molecule has 1 saturated heterocycles. The molecule has 1 aromatic heterocycles. The van der Waals surface area contributed by atoms with Gasteiger partial charge < -0.3 is 15.0 Å². The van der Waals surface area contributed by atoms with Gasteiger partial charge in [-0.3, -0.25) is 4.79 Å². The van der Waals surface area contributed by atoms with Gasteiger partial charge in [0.2, 0.25) is 12.3 Å². The van der Waals surface area contributed by atoms with E-state index >= 15 is 0 Å². The number of nitrogens with zero attached hydrogens (tertiary/aromatic N) is 1. The Morgan fingerprint density at radius 2 is 2.19 bits per heavy atom. The second kappa shape index (κ2) is 8.71. The second-order valence-corrected chi connectivity index (χ2v) is 11.4. The van der Waals surface area contributed by atoms with Gasteiger partial charge in [-0.05, 0) is 69.4 Å². The molecule has 1 spiro atoms. The van der Waals surface area contributed by atoms with Crippen LogP contribution in [0.2, 0.25) is 0 Å². The predicted molar refractivity (Wildman–Crippen MR) is 118 cm³/mol. The molecule has 0 aromatic carbocycles. The first-order valence-electron chi connectivity index (χ1n) is 12.0. The summed E-state index contributed by atoms with van der Waals surface area (Å²) in [5, 5.41) is 3.24. The number of fused-ring (bicyclic) bond motifs is 2. The minimum Gasteiger partial charge on any atom is -0.369 e. The molecular weight excluding hydrogens is 418 g/mol. The number of likely N-dealkylation sites (tertiary alicyclic amines) is 1. The molecule has 4 nitrogen and oxygen atoms in total. The van der Waals surface area contributed by atoms with Crippen molar-refractivity contribution in [3.8, 4) is 0 Å². The number of hydrogen-bond donors (Lipinski definition) is 1. The summed E-state index contributed by atoms with van der Waals surface area (Å²) in [6.07, 6.45) is 5.79. The van der Waals surface area contributed by atoms with E-state index in [1.807, 2.05) is 6.07 Å². The molecule has 3 heterocycles. The Morgan fingerprint density at radius 1 is 1.39 bits per heavy atom. The SMILES string of the molecule is C[C@H]1C[C@@]2(CCN1CC1CC(NC(=O)C3CCC3)C1)OCCc1cc(CC(F)F)sc12. The molecule has 0 unspecified atom stereocenters. The molecular formula is C24H34F2N2O2S. The molecule has 4 aliphatic rings. The van der Waals surface area contributed by atoms with E-state index in [2.05, 4.69) is 17.1 Å². The zero-order chi connectivity index (χ0) is 21.6. The van der Waals surface area contributed by atoms with E-state index in [1.54, 1.807) is 11.3 Å². The van der Waals surface area contributed by atoms with Gasteiger partial charge in [0.15, 0.2) is 0 Å². The third kappa shape index (κ3) is 4.42. The summed E-state index contributed by atoms with van der Waals surface area (Å²) in [7, 11) is 0. The van der Waals surface area contributed by atoms with Crippen LogP contribution in [0, 0.1) is 11.8 Å². The molecule has 0 bridgehead atoms. The van der Waals surface area contributed by atoms with Crippen LogP contribution >= 0.6 is 11.3 Å². The van der Waals surface area contributed by atoms with Crippen molar-refractivity contribution >= 4 is 17.2 Å². The van der Waals surface area contributed by atoms with E-state index in [1.165, 1.54) is 16.9 Å². The van der Waals surface area contributed by atoms with Gasteiger partial charge >= 0.3 is 0 Å². The van der Waals surface area contributed by atoms with E-state index < -0.39 is 6.43 Å². The molecule has 7 heteroatoms. The molecule has 31 heavy (non-hydrogen) atoms. The number of hydrogen-bond acceptors (Lipinski definition) is 4. The van der Waals surface area contributed by atoms with Gasteiger partial charge in [0.1, 0.15) is 5.60 Å². The fourth-order valence-electron chi connectivity index (χ4n) is 5.92. The van der Waals surface area contributed by atoms with Crippen molar-refractivity contribution in [2.45, 2.75) is 88.8 Å². The number of carbonyl (C=O) groups excluding carboxylic acids is 1. The van der Waals surface area contributed by atoms with Crippen molar-refractivity contribution in [3.05, 3.63) is 21.4 Å². The highest BCUT2D eigenvalue weighted by Gasteiger charge is 2.46. The van der Waals surface area contributed by atoms with Crippen LogP contribution in [-0.4, -0.2) is 49.0 Å². The molecule has 0 radical (unpaired) electrons. The van der Waals surface area contributed by atoms with E-state index in [9.17, 15) is 13.6 Å². The largest absolute Gasteiger partial charge is 0.369 e. The molecule has 1 amide bonds. The first-order chi connectivity index (χ1) is 14.9. The number of rotatable bonds is 6. The van der Waals surface area contributed by atoms with Crippen LogP contribution in [0.25, 0.3) is 0 Å². The fraction of sp³-hybridized carbons (Fsp3) is 0.792. The van der Waals surface area contributed by atoms with Gasteiger partial charge in [0.05, 0.1) is 6.61 Å². The summed E-state index contributed by atoms with van der Waals surface area (Å²) >= 11 is 1.55. The molecule has 1 N–H and O–H groups in total. The lowest BCUT2D eigenvalue weighted by atomic mass is 9.77. The number of amides is 1. The maximum Gasteiger partial charge on any atom is 0.243 e. The zero-order valence-corrected chi connectivity index (χ0v) is 19.2. The Balaban J connectivity index is 1.15. The zero-order valence-electron chi connectivity index (χ0n) is 18.4. The van der Waals surface area contributed by atoms with E-state index in [4.69, 9.17) is 4.74 Å². The molecule has 2 saturated carbocycles. The molecule has 2 aliphatic heterocycles. The Morgan fingerprint density at radius 3 is 2.87 bits per heavy atom. The summed E-state index contributed by atoms with van der Waals surface area (Å²) in [6, 6.07) is 2.77. The minimum absolute atomic E-state index is 0.143. The summed E-state index contributed by atoms with van der Waals surface area (Å²) < 4.78 is 32.2. The lowest BCUT2D eigenvalue weighted by Gasteiger charge is -2.49. The summed E-state index contributed by atoms with van der Waals surface area (Å²) in [4.78, 5) is 16.7. The van der Waals surface area contributed by atoms with Crippen molar-refractivity contribution in [1.82, 2.24) is 10.2 Å². The van der Waals surface area contributed by atoms with Crippen LogP contribution in [0.15, 0.2) is 6.07 Å². The number of piperidine rings is 1. The smallest absolute Gasteiger partial charge is 0.243 e. The van der Waals surface area contributed by atoms with Gasteiger partial charge in [-0.1, -0.05) is 6.42 Å². The first kappa shape index (κ1) is 21.8. The lowest BCUT2D eigenvalue weighted by molar-refractivity contribution is -0.129. The van der Waals surface area contributed by atoms with Crippen LogP contribution in [0.1, 0.15) is 67.2 Å². The van der Waals surface area contributed by atoms with Crippen LogP contribution in [0.3, 0.4) is 0 Å². The van der Waals surface area contributed by atoms with Crippen molar-refractivity contribution in [3.63, 3.8) is 0 Å². The molecule has 172 valence electrons. The summed E-state index contributed by atoms with van der Waals surface area (Å²) in [5.74, 6) is 1.21. The highest BCUT2D eigenvalue weighted by atomic mass is 32.1. The van der Waals surface area contributed by atoms with Gasteiger partial charge in [-0.25, -0.2) is 8.78 Å². The number of ether oxygens (including phenoxy) is 1. The number of nitrogens with one attached hydrogen (secondary N) is 1. The van der Waals surface area contributed by atoms with Crippen molar-refractivity contribution in [2.24, 2.45) is 11.8 Å². The molecule has 2 aliphatic carbocycles. The highest BCUT2D eigenvalue weighted by molar-refractivity contribution is 7.12. The average Bonchev–Trinajstić information content (AvgIpc) is 3.04. The maximum atomic E-state index is 12.9. The Bertz CT molecular complexity index is 805. The third-order valence-electron chi connectivity index (χ3n) is 7.98. The Hall–Kier alpha value is -1.05. The standard InChI is InChI=1S/C24H34F2N2O2S/c1-15-13-24(22-18(5-8-30-24)11-20(31-22)12-21(25)26)6-7-28(15)14-16-9-19(10-16)27-23(29)17-3-2-4-17/h11,15-17,19,21H,2-10,12-14H2,1H3,(H,27,29)/t15-,16?,19?,24+/m0/s1. The number of carbonyl (C=O) groups is 1. The van der Waals surface area contributed by atoms with Crippen molar-refractivity contribution in [2.75, 3.05) is 19.7 Å². The van der Waals surface area contributed by atoms with E-state index in [0.717, 1.165) is 62.9 Å². The Kier molecular flexibility index (Phi) is 6.12. The molecule has 1 aromatic rings. The van der Waals surface area contributed by atoms with E-state index in [0.29, 0.717) is 24.6 Å². The highest BCUT2D eigenvalue weighted by Crippen LogP contribution is 2.47. The topological polar surface area (TPSA) is 41.6 Å². The van der Waals surface area contributed by atoms with Gasteiger partial charge in [0.25, 0.3) is 0 Å². The van der Waals surface area contributed by atoms with Crippen molar-refractivity contribution in [1.29, 1.82) is 0 Å².